The minimum atomic E-state index is -0.326. The van der Waals surface area contributed by atoms with E-state index >= 15 is 0 Å². The number of aryl methyl sites for hydroxylation is 1. The van der Waals surface area contributed by atoms with Crippen LogP contribution in [-0.2, 0) is 16.0 Å². The molecular formula is C15H21NO3. The molecule has 4 nitrogen and oxygen atoms in total. The Hall–Kier alpha value is -1.55. The average Bonchev–Trinajstić information content (AvgIpc) is 2.44. The summed E-state index contributed by atoms with van der Waals surface area (Å²) in [4.78, 5) is 11.2. The van der Waals surface area contributed by atoms with Crippen molar-refractivity contribution in [3.8, 4) is 5.75 Å². The molecule has 0 saturated heterocycles. The van der Waals surface area contributed by atoms with Crippen LogP contribution >= 0.6 is 0 Å². The number of hydrogen-bond acceptors (Lipinski definition) is 4. The van der Waals surface area contributed by atoms with Gasteiger partial charge in [0.1, 0.15) is 5.75 Å². The van der Waals surface area contributed by atoms with Crippen LogP contribution in [0.4, 0.5) is 0 Å². The Balaban J connectivity index is 2.02. The normalized spacial score (nSPS) is 17.7. The largest absolute Gasteiger partial charge is 0.482 e. The van der Waals surface area contributed by atoms with Crippen molar-refractivity contribution in [3.63, 3.8) is 0 Å². The summed E-state index contributed by atoms with van der Waals surface area (Å²) >= 11 is 0. The second kappa shape index (κ2) is 6.57. The van der Waals surface area contributed by atoms with E-state index in [0.717, 1.165) is 12.2 Å². The van der Waals surface area contributed by atoms with Crippen molar-refractivity contribution in [1.29, 1.82) is 0 Å². The van der Waals surface area contributed by atoms with Gasteiger partial charge in [0.15, 0.2) is 6.61 Å². The predicted octanol–water partition coefficient (Wildman–Crippen LogP) is 2.23. The molecule has 0 radical (unpaired) electrons. The van der Waals surface area contributed by atoms with E-state index in [4.69, 9.17) is 9.47 Å². The van der Waals surface area contributed by atoms with Crippen LogP contribution < -0.4 is 10.1 Å². The quantitative estimate of drug-likeness (QED) is 0.828. The van der Waals surface area contributed by atoms with Crippen LogP contribution in [0.1, 0.15) is 36.9 Å². The van der Waals surface area contributed by atoms with Gasteiger partial charge < -0.3 is 14.8 Å². The molecule has 104 valence electrons. The summed E-state index contributed by atoms with van der Waals surface area (Å²) in [7, 11) is 1.99. The van der Waals surface area contributed by atoms with Crippen molar-refractivity contribution in [3.05, 3.63) is 29.3 Å². The third-order valence-electron chi connectivity index (χ3n) is 3.44. The van der Waals surface area contributed by atoms with E-state index in [9.17, 15) is 4.79 Å². The van der Waals surface area contributed by atoms with E-state index in [0.29, 0.717) is 12.6 Å². The van der Waals surface area contributed by atoms with Crippen molar-refractivity contribution < 1.29 is 14.3 Å². The molecule has 1 aliphatic rings. The van der Waals surface area contributed by atoms with Gasteiger partial charge in [0, 0.05) is 6.04 Å². The predicted molar refractivity (Wildman–Crippen MR) is 73.3 cm³/mol. The van der Waals surface area contributed by atoms with Gasteiger partial charge in [-0.15, -0.1) is 0 Å². The summed E-state index contributed by atoms with van der Waals surface area (Å²) in [6.07, 6.45) is 3.43. The van der Waals surface area contributed by atoms with Gasteiger partial charge >= 0.3 is 5.97 Å². The molecule has 0 spiro atoms. The summed E-state index contributed by atoms with van der Waals surface area (Å²) in [5.74, 6) is 0.414. The lowest BCUT2D eigenvalue weighted by atomic mass is 9.87. The van der Waals surface area contributed by atoms with E-state index in [1.807, 2.05) is 19.2 Å². The van der Waals surface area contributed by atoms with Crippen LogP contribution in [-0.4, -0.2) is 26.2 Å². The topological polar surface area (TPSA) is 47.6 Å². The van der Waals surface area contributed by atoms with E-state index < -0.39 is 0 Å². The summed E-state index contributed by atoms with van der Waals surface area (Å²) in [5, 5.41) is 3.33. The Bertz CT molecular complexity index is 445. The molecule has 1 N–H and O–H groups in total. The van der Waals surface area contributed by atoms with Gasteiger partial charge in [0.05, 0.1) is 6.61 Å². The third-order valence-corrected chi connectivity index (χ3v) is 3.44. The Morgan fingerprint density at radius 3 is 3.05 bits per heavy atom. The number of carbonyl (C=O) groups is 1. The molecule has 1 aromatic carbocycles. The zero-order valence-corrected chi connectivity index (χ0v) is 11.6. The summed E-state index contributed by atoms with van der Waals surface area (Å²) in [5.41, 5.74) is 2.66. The maximum atomic E-state index is 11.2. The second-order valence-electron chi connectivity index (χ2n) is 4.69. The first-order valence-electron chi connectivity index (χ1n) is 6.83. The van der Waals surface area contributed by atoms with Crippen LogP contribution in [0.3, 0.4) is 0 Å². The van der Waals surface area contributed by atoms with Gasteiger partial charge in [-0.1, -0.05) is 6.07 Å². The average molecular weight is 263 g/mol. The first-order valence-corrected chi connectivity index (χ1v) is 6.83. The molecule has 0 bridgehead atoms. The molecule has 1 unspecified atom stereocenters. The fourth-order valence-electron chi connectivity index (χ4n) is 2.53. The van der Waals surface area contributed by atoms with Crippen molar-refractivity contribution in [2.75, 3.05) is 20.3 Å². The van der Waals surface area contributed by atoms with Crippen LogP contribution in [0.2, 0.25) is 0 Å². The number of benzene rings is 1. The standard InChI is InChI=1S/C15H21NO3/c1-3-18-15(17)10-19-12-7-8-13-11(9-12)5-4-6-14(13)16-2/h7-9,14,16H,3-6,10H2,1-2H3. The summed E-state index contributed by atoms with van der Waals surface area (Å²) < 4.78 is 10.3. The van der Waals surface area contributed by atoms with Crippen molar-refractivity contribution in [2.24, 2.45) is 0 Å². The molecule has 0 amide bonds. The highest BCUT2D eigenvalue weighted by Crippen LogP contribution is 2.31. The molecular weight excluding hydrogens is 242 g/mol. The zero-order chi connectivity index (χ0) is 13.7. The van der Waals surface area contributed by atoms with Crippen LogP contribution in [0.15, 0.2) is 18.2 Å². The number of nitrogens with one attached hydrogen (secondary N) is 1. The lowest BCUT2D eigenvalue weighted by molar-refractivity contribution is -0.145. The highest BCUT2D eigenvalue weighted by molar-refractivity contribution is 5.71. The number of rotatable bonds is 5. The first-order chi connectivity index (χ1) is 9.24. The smallest absolute Gasteiger partial charge is 0.344 e. The molecule has 0 aromatic heterocycles. The molecule has 0 fully saturated rings. The van der Waals surface area contributed by atoms with Gasteiger partial charge in [-0.05, 0) is 56.5 Å². The maximum Gasteiger partial charge on any atom is 0.344 e. The number of fused-ring (bicyclic) bond motifs is 1. The van der Waals surface area contributed by atoms with Gasteiger partial charge in [-0.2, -0.15) is 0 Å². The lowest BCUT2D eigenvalue weighted by Gasteiger charge is -2.25. The molecule has 2 rings (SSSR count). The van der Waals surface area contributed by atoms with Crippen molar-refractivity contribution in [2.45, 2.75) is 32.2 Å². The highest BCUT2D eigenvalue weighted by Gasteiger charge is 2.19. The van der Waals surface area contributed by atoms with Gasteiger partial charge in [-0.25, -0.2) is 4.79 Å². The number of carbonyl (C=O) groups excluding carboxylic acids is 1. The summed E-state index contributed by atoms with van der Waals surface area (Å²) in [6, 6.07) is 6.49. The Labute approximate surface area is 114 Å². The second-order valence-corrected chi connectivity index (χ2v) is 4.69. The fraction of sp³-hybridized carbons (Fsp3) is 0.533. The Morgan fingerprint density at radius 2 is 2.32 bits per heavy atom. The van der Waals surface area contributed by atoms with Gasteiger partial charge in [0.25, 0.3) is 0 Å². The van der Waals surface area contributed by atoms with Crippen LogP contribution in [0, 0.1) is 0 Å². The monoisotopic (exact) mass is 263 g/mol. The van der Waals surface area contributed by atoms with Crippen LogP contribution in [0.5, 0.6) is 5.75 Å². The van der Waals surface area contributed by atoms with Gasteiger partial charge in [0.2, 0.25) is 0 Å². The molecule has 4 heteroatoms. The van der Waals surface area contributed by atoms with E-state index in [-0.39, 0.29) is 12.6 Å². The van der Waals surface area contributed by atoms with Crippen molar-refractivity contribution >= 4 is 5.97 Å². The number of esters is 1. The SMILES string of the molecule is CCOC(=O)COc1ccc2c(c1)CCCC2NC. The Morgan fingerprint density at radius 1 is 1.47 bits per heavy atom. The number of ether oxygens (including phenoxy) is 2. The lowest BCUT2D eigenvalue weighted by Crippen LogP contribution is -2.21. The zero-order valence-electron chi connectivity index (χ0n) is 11.6. The molecule has 0 aliphatic heterocycles. The minimum absolute atomic E-state index is 0.0257. The summed E-state index contributed by atoms with van der Waals surface area (Å²) in [6.45, 7) is 2.15. The highest BCUT2D eigenvalue weighted by atomic mass is 16.6. The first kappa shape index (κ1) is 13.9. The van der Waals surface area contributed by atoms with E-state index in [2.05, 4.69) is 11.4 Å². The third kappa shape index (κ3) is 3.47. The molecule has 1 atom stereocenters. The van der Waals surface area contributed by atoms with Crippen molar-refractivity contribution in [1.82, 2.24) is 5.32 Å². The molecule has 0 heterocycles. The Kier molecular flexibility index (Phi) is 4.80. The molecule has 1 aliphatic carbocycles. The molecule has 0 saturated carbocycles. The van der Waals surface area contributed by atoms with E-state index in [1.54, 1.807) is 6.92 Å². The van der Waals surface area contributed by atoms with E-state index in [1.165, 1.54) is 24.0 Å². The molecule has 1 aromatic rings. The maximum absolute atomic E-state index is 11.2. The van der Waals surface area contributed by atoms with Gasteiger partial charge in [-0.3, -0.25) is 0 Å². The molecule has 19 heavy (non-hydrogen) atoms. The van der Waals surface area contributed by atoms with Crippen LogP contribution in [0.25, 0.3) is 0 Å². The fourth-order valence-corrected chi connectivity index (χ4v) is 2.53. The minimum Gasteiger partial charge on any atom is -0.482 e. The number of hydrogen-bond donors (Lipinski definition) is 1.